The number of imide groups is 1. The molecule has 1 aliphatic heterocycles. The van der Waals surface area contributed by atoms with Crippen LogP contribution in [0.5, 0.6) is 0 Å². The van der Waals surface area contributed by atoms with Gasteiger partial charge in [0.15, 0.2) is 0 Å². The summed E-state index contributed by atoms with van der Waals surface area (Å²) in [5.41, 5.74) is 1.26. The fourth-order valence-corrected chi connectivity index (χ4v) is 2.09. The van der Waals surface area contributed by atoms with Crippen molar-refractivity contribution in [2.75, 3.05) is 26.0 Å². The Labute approximate surface area is 117 Å². The minimum atomic E-state index is -0.337. The van der Waals surface area contributed by atoms with Crippen LogP contribution in [-0.2, 0) is 4.79 Å². The molecule has 1 aliphatic rings. The van der Waals surface area contributed by atoms with Gasteiger partial charge < -0.3 is 10.6 Å². The molecular weight excluding hydrogens is 258 g/mol. The number of hydrogen-bond donors (Lipinski definition) is 2. The highest BCUT2D eigenvalue weighted by molar-refractivity contribution is 6.21. The Morgan fingerprint density at radius 2 is 1.90 bits per heavy atom. The molecule has 0 atom stereocenters. The summed E-state index contributed by atoms with van der Waals surface area (Å²) in [4.78, 5) is 36.3. The van der Waals surface area contributed by atoms with Crippen molar-refractivity contribution >= 4 is 23.4 Å². The van der Waals surface area contributed by atoms with Crippen LogP contribution in [0.4, 0.5) is 5.69 Å². The van der Waals surface area contributed by atoms with E-state index in [1.807, 2.05) is 7.05 Å². The third kappa shape index (κ3) is 2.70. The lowest BCUT2D eigenvalue weighted by molar-refractivity contribution is -0.116. The average molecular weight is 275 g/mol. The number of nitrogens with zero attached hydrogens (tertiary/aromatic N) is 1. The van der Waals surface area contributed by atoms with E-state index in [1.54, 1.807) is 18.2 Å². The first-order chi connectivity index (χ1) is 9.54. The maximum atomic E-state index is 11.8. The highest BCUT2D eigenvalue weighted by atomic mass is 16.2. The van der Waals surface area contributed by atoms with Crippen molar-refractivity contribution < 1.29 is 14.4 Å². The standard InChI is InChI=1S/C14H17N3O3/c1-15-7-3-4-12(18)16-9-5-6-10-11(8-9)14(20)17(2)13(10)19/h5-6,8,15H,3-4,7H2,1-2H3,(H,16,18). The molecule has 0 spiro atoms. The molecule has 0 aliphatic carbocycles. The first-order valence-corrected chi connectivity index (χ1v) is 6.45. The third-order valence-corrected chi connectivity index (χ3v) is 3.20. The maximum absolute atomic E-state index is 11.8. The Morgan fingerprint density at radius 1 is 1.20 bits per heavy atom. The van der Waals surface area contributed by atoms with E-state index >= 15 is 0 Å². The zero-order valence-corrected chi connectivity index (χ0v) is 11.5. The normalized spacial score (nSPS) is 13.6. The predicted octanol–water partition coefficient (Wildman–Crippen LogP) is 0.850. The first kappa shape index (κ1) is 14.2. The Kier molecular flexibility index (Phi) is 4.14. The van der Waals surface area contributed by atoms with E-state index < -0.39 is 0 Å². The Hall–Kier alpha value is -2.21. The molecule has 0 saturated heterocycles. The lowest BCUT2D eigenvalue weighted by atomic mass is 10.1. The number of amides is 3. The van der Waals surface area contributed by atoms with Gasteiger partial charge in [0.2, 0.25) is 5.91 Å². The second-order valence-electron chi connectivity index (χ2n) is 4.68. The van der Waals surface area contributed by atoms with Crippen LogP contribution in [0.3, 0.4) is 0 Å². The monoisotopic (exact) mass is 275 g/mol. The molecule has 0 bridgehead atoms. The van der Waals surface area contributed by atoms with Crippen LogP contribution >= 0.6 is 0 Å². The number of carbonyl (C=O) groups excluding carboxylic acids is 3. The molecule has 0 aromatic heterocycles. The van der Waals surface area contributed by atoms with Crippen LogP contribution in [-0.4, -0.2) is 43.3 Å². The van der Waals surface area contributed by atoms with Crippen molar-refractivity contribution in [2.45, 2.75) is 12.8 Å². The van der Waals surface area contributed by atoms with E-state index in [4.69, 9.17) is 0 Å². The number of benzene rings is 1. The van der Waals surface area contributed by atoms with Gasteiger partial charge in [0.1, 0.15) is 0 Å². The number of rotatable bonds is 5. The van der Waals surface area contributed by atoms with Crippen LogP contribution < -0.4 is 10.6 Å². The Morgan fingerprint density at radius 3 is 2.60 bits per heavy atom. The molecule has 0 fully saturated rings. The van der Waals surface area contributed by atoms with Gasteiger partial charge in [0.25, 0.3) is 11.8 Å². The molecule has 3 amide bonds. The molecule has 1 heterocycles. The minimum absolute atomic E-state index is 0.106. The summed E-state index contributed by atoms with van der Waals surface area (Å²) in [6.45, 7) is 0.773. The molecular formula is C14H17N3O3. The molecule has 1 aromatic carbocycles. The van der Waals surface area contributed by atoms with Gasteiger partial charge in [-0.05, 0) is 38.2 Å². The van der Waals surface area contributed by atoms with Gasteiger partial charge in [-0.15, -0.1) is 0 Å². The van der Waals surface area contributed by atoms with Gasteiger partial charge in [0, 0.05) is 19.2 Å². The lowest BCUT2D eigenvalue weighted by Crippen LogP contribution is -2.24. The number of nitrogens with one attached hydrogen (secondary N) is 2. The van der Waals surface area contributed by atoms with E-state index in [-0.39, 0.29) is 17.7 Å². The molecule has 1 aromatic rings. The van der Waals surface area contributed by atoms with Gasteiger partial charge >= 0.3 is 0 Å². The molecule has 106 valence electrons. The highest BCUT2D eigenvalue weighted by Crippen LogP contribution is 2.24. The van der Waals surface area contributed by atoms with Crippen molar-refractivity contribution in [1.29, 1.82) is 0 Å². The van der Waals surface area contributed by atoms with Gasteiger partial charge in [-0.2, -0.15) is 0 Å². The van der Waals surface area contributed by atoms with E-state index in [0.29, 0.717) is 23.2 Å². The summed E-state index contributed by atoms with van der Waals surface area (Å²) < 4.78 is 0. The summed E-state index contributed by atoms with van der Waals surface area (Å²) in [6.07, 6.45) is 1.15. The number of hydrogen-bond acceptors (Lipinski definition) is 4. The number of carbonyl (C=O) groups is 3. The smallest absolute Gasteiger partial charge is 0.261 e. The minimum Gasteiger partial charge on any atom is -0.326 e. The fraction of sp³-hybridized carbons (Fsp3) is 0.357. The van der Waals surface area contributed by atoms with E-state index in [2.05, 4.69) is 10.6 Å². The molecule has 0 radical (unpaired) electrons. The molecule has 6 heteroatoms. The van der Waals surface area contributed by atoms with Gasteiger partial charge in [-0.1, -0.05) is 0 Å². The lowest BCUT2D eigenvalue weighted by Gasteiger charge is -2.06. The maximum Gasteiger partial charge on any atom is 0.261 e. The van der Waals surface area contributed by atoms with Gasteiger partial charge in [-0.3, -0.25) is 19.3 Å². The molecule has 2 rings (SSSR count). The van der Waals surface area contributed by atoms with Crippen LogP contribution in [0.25, 0.3) is 0 Å². The van der Waals surface area contributed by atoms with E-state index in [0.717, 1.165) is 17.9 Å². The predicted molar refractivity (Wildman–Crippen MR) is 74.7 cm³/mol. The van der Waals surface area contributed by atoms with Gasteiger partial charge in [-0.25, -0.2) is 0 Å². The molecule has 0 saturated carbocycles. The SMILES string of the molecule is CNCCCC(=O)Nc1ccc2c(c1)C(=O)N(C)C2=O. The third-order valence-electron chi connectivity index (χ3n) is 3.20. The van der Waals surface area contributed by atoms with Crippen molar-refractivity contribution in [3.8, 4) is 0 Å². The van der Waals surface area contributed by atoms with Crippen molar-refractivity contribution in [2.24, 2.45) is 0 Å². The summed E-state index contributed by atoms with van der Waals surface area (Å²) in [5, 5.41) is 5.70. The molecule has 2 N–H and O–H groups in total. The van der Waals surface area contributed by atoms with E-state index in [1.165, 1.54) is 7.05 Å². The van der Waals surface area contributed by atoms with Crippen molar-refractivity contribution in [3.05, 3.63) is 29.3 Å². The summed E-state index contributed by atoms with van der Waals surface area (Å²) in [6, 6.07) is 4.76. The quantitative estimate of drug-likeness (QED) is 0.617. The van der Waals surface area contributed by atoms with Gasteiger partial charge in [0.05, 0.1) is 11.1 Å². The number of anilines is 1. The number of fused-ring (bicyclic) bond motifs is 1. The zero-order chi connectivity index (χ0) is 14.7. The molecule has 0 unspecified atom stereocenters. The second-order valence-corrected chi connectivity index (χ2v) is 4.68. The van der Waals surface area contributed by atoms with Crippen molar-refractivity contribution in [3.63, 3.8) is 0 Å². The van der Waals surface area contributed by atoms with Crippen molar-refractivity contribution in [1.82, 2.24) is 10.2 Å². The molecule has 20 heavy (non-hydrogen) atoms. The topological polar surface area (TPSA) is 78.5 Å². The second kappa shape index (κ2) is 5.83. The van der Waals surface area contributed by atoms with Crippen LogP contribution in [0, 0.1) is 0 Å². The fourth-order valence-electron chi connectivity index (χ4n) is 2.09. The van der Waals surface area contributed by atoms with Crippen LogP contribution in [0.15, 0.2) is 18.2 Å². The summed E-state index contributed by atoms with van der Waals surface area (Å²) in [5.74, 6) is -0.751. The summed E-state index contributed by atoms with van der Waals surface area (Å²) in [7, 11) is 3.28. The Balaban J connectivity index is 2.07. The average Bonchev–Trinajstić information content (AvgIpc) is 2.64. The molecule has 6 nitrogen and oxygen atoms in total. The zero-order valence-electron chi connectivity index (χ0n) is 11.5. The summed E-state index contributed by atoms with van der Waals surface area (Å²) >= 11 is 0. The van der Waals surface area contributed by atoms with Crippen LogP contribution in [0.2, 0.25) is 0 Å². The Bertz CT molecular complexity index is 569. The van der Waals surface area contributed by atoms with E-state index in [9.17, 15) is 14.4 Å². The highest BCUT2D eigenvalue weighted by Gasteiger charge is 2.32. The first-order valence-electron chi connectivity index (χ1n) is 6.45. The van der Waals surface area contributed by atoms with Crippen LogP contribution in [0.1, 0.15) is 33.6 Å². The largest absolute Gasteiger partial charge is 0.326 e.